The van der Waals surface area contributed by atoms with Gasteiger partial charge in [-0.3, -0.25) is 0 Å². The second kappa shape index (κ2) is 5.74. The summed E-state index contributed by atoms with van der Waals surface area (Å²) in [5, 5.41) is 0. The SMILES string of the molecule is NC(=O)Oc1ccccc1-c1ccc(OC(F)(F)F)cc1. The van der Waals surface area contributed by atoms with Crippen molar-refractivity contribution < 1.29 is 27.4 Å². The average Bonchev–Trinajstić information content (AvgIpc) is 2.38. The topological polar surface area (TPSA) is 61.6 Å². The lowest BCUT2D eigenvalue weighted by Crippen LogP contribution is -2.17. The number of carbonyl (C=O) groups is 1. The predicted molar refractivity (Wildman–Crippen MR) is 68.8 cm³/mol. The summed E-state index contributed by atoms with van der Waals surface area (Å²) in [6.07, 6.45) is -5.71. The van der Waals surface area contributed by atoms with Crippen LogP contribution in [0, 0.1) is 0 Å². The lowest BCUT2D eigenvalue weighted by Gasteiger charge is -2.11. The standard InChI is InChI=1S/C14H10F3NO3/c15-14(16,17)21-10-7-5-9(6-8-10)11-3-1-2-4-12(11)20-13(18)19/h1-8H,(H2,18,19). The highest BCUT2D eigenvalue weighted by molar-refractivity contribution is 5.76. The van der Waals surface area contributed by atoms with Gasteiger partial charge < -0.3 is 15.2 Å². The van der Waals surface area contributed by atoms with Crippen LogP contribution in [0.15, 0.2) is 48.5 Å². The Morgan fingerprint density at radius 1 is 1.00 bits per heavy atom. The quantitative estimate of drug-likeness (QED) is 0.939. The van der Waals surface area contributed by atoms with Crippen LogP contribution in [0.25, 0.3) is 11.1 Å². The maximum atomic E-state index is 12.1. The van der Waals surface area contributed by atoms with Gasteiger partial charge in [-0.2, -0.15) is 0 Å². The van der Waals surface area contributed by atoms with Gasteiger partial charge in [0.25, 0.3) is 0 Å². The van der Waals surface area contributed by atoms with Gasteiger partial charge in [0.15, 0.2) is 0 Å². The van der Waals surface area contributed by atoms with Crippen LogP contribution in [0.3, 0.4) is 0 Å². The van der Waals surface area contributed by atoms with Gasteiger partial charge in [-0.05, 0) is 23.8 Å². The Balaban J connectivity index is 2.29. The first-order valence-electron chi connectivity index (χ1n) is 5.77. The molecule has 2 aromatic rings. The molecule has 0 unspecified atom stereocenters. The number of para-hydroxylation sites is 1. The zero-order valence-corrected chi connectivity index (χ0v) is 10.6. The largest absolute Gasteiger partial charge is 0.573 e. The number of amides is 1. The summed E-state index contributed by atoms with van der Waals surface area (Å²) in [6, 6.07) is 11.7. The minimum atomic E-state index is -4.74. The summed E-state index contributed by atoms with van der Waals surface area (Å²) in [6.45, 7) is 0. The molecule has 2 aromatic carbocycles. The Morgan fingerprint density at radius 3 is 2.19 bits per heavy atom. The molecule has 7 heteroatoms. The molecule has 0 bridgehead atoms. The second-order valence-corrected chi connectivity index (χ2v) is 3.99. The number of alkyl halides is 3. The molecule has 0 heterocycles. The minimum absolute atomic E-state index is 0.217. The third kappa shape index (κ3) is 4.13. The van der Waals surface area contributed by atoms with Gasteiger partial charge in [-0.15, -0.1) is 13.2 Å². The van der Waals surface area contributed by atoms with Crippen molar-refractivity contribution in [2.45, 2.75) is 6.36 Å². The summed E-state index contributed by atoms with van der Waals surface area (Å²) in [4.78, 5) is 10.8. The number of nitrogens with two attached hydrogens (primary N) is 1. The van der Waals surface area contributed by atoms with Crippen LogP contribution in [0.1, 0.15) is 0 Å². The van der Waals surface area contributed by atoms with Crippen LogP contribution in [0.5, 0.6) is 11.5 Å². The zero-order chi connectivity index (χ0) is 15.5. The Kier molecular flexibility index (Phi) is 4.02. The molecule has 0 saturated carbocycles. The van der Waals surface area contributed by atoms with Crippen molar-refractivity contribution in [3.05, 3.63) is 48.5 Å². The van der Waals surface area contributed by atoms with E-state index in [-0.39, 0.29) is 11.5 Å². The Bertz CT molecular complexity index is 639. The Morgan fingerprint density at radius 2 is 1.62 bits per heavy atom. The van der Waals surface area contributed by atoms with Crippen molar-refractivity contribution in [2.24, 2.45) is 5.73 Å². The summed E-state index contributed by atoms with van der Waals surface area (Å²) in [5.41, 5.74) is 6.04. The maximum Gasteiger partial charge on any atom is 0.573 e. The van der Waals surface area contributed by atoms with E-state index in [9.17, 15) is 18.0 Å². The van der Waals surface area contributed by atoms with Crippen LogP contribution in [0.4, 0.5) is 18.0 Å². The highest BCUT2D eigenvalue weighted by atomic mass is 19.4. The van der Waals surface area contributed by atoms with E-state index >= 15 is 0 Å². The molecule has 110 valence electrons. The lowest BCUT2D eigenvalue weighted by molar-refractivity contribution is -0.274. The van der Waals surface area contributed by atoms with E-state index in [2.05, 4.69) is 4.74 Å². The first-order chi connectivity index (χ1) is 9.85. The van der Waals surface area contributed by atoms with Crippen molar-refractivity contribution in [3.63, 3.8) is 0 Å². The molecule has 0 aliphatic rings. The van der Waals surface area contributed by atoms with Crippen LogP contribution < -0.4 is 15.2 Å². The van der Waals surface area contributed by atoms with Crippen molar-refractivity contribution in [2.75, 3.05) is 0 Å². The second-order valence-electron chi connectivity index (χ2n) is 3.99. The van der Waals surface area contributed by atoms with Gasteiger partial charge >= 0.3 is 12.5 Å². The Hall–Kier alpha value is -2.70. The number of rotatable bonds is 3. The molecule has 0 aliphatic carbocycles. The van der Waals surface area contributed by atoms with Crippen LogP contribution in [0.2, 0.25) is 0 Å². The highest BCUT2D eigenvalue weighted by Crippen LogP contribution is 2.32. The molecule has 0 fully saturated rings. The van der Waals surface area contributed by atoms with Gasteiger partial charge in [0.05, 0.1) is 0 Å². The zero-order valence-electron chi connectivity index (χ0n) is 10.6. The first-order valence-corrected chi connectivity index (χ1v) is 5.77. The number of hydrogen-bond donors (Lipinski definition) is 1. The van der Waals surface area contributed by atoms with Gasteiger partial charge in [0.1, 0.15) is 11.5 Å². The number of primary amides is 1. The summed E-state index contributed by atoms with van der Waals surface area (Å²) in [7, 11) is 0. The highest BCUT2D eigenvalue weighted by Gasteiger charge is 2.30. The molecule has 0 saturated heterocycles. The van der Waals surface area contributed by atoms with Crippen molar-refractivity contribution >= 4 is 6.09 Å². The fourth-order valence-electron chi connectivity index (χ4n) is 1.74. The third-order valence-electron chi connectivity index (χ3n) is 2.50. The molecular formula is C14H10F3NO3. The number of ether oxygens (including phenoxy) is 2. The molecule has 4 nitrogen and oxygen atoms in total. The van der Waals surface area contributed by atoms with Crippen molar-refractivity contribution in [1.29, 1.82) is 0 Å². The predicted octanol–water partition coefficient (Wildman–Crippen LogP) is 3.71. The molecule has 1 amide bonds. The van der Waals surface area contributed by atoms with Crippen molar-refractivity contribution in [3.8, 4) is 22.6 Å². The van der Waals surface area contributed by atoms with E-state index in [1.807, 2.05) is 0 Å². The molecule has 0 radical (unpaired) electrons. The fourth-order valence-corrected chi connectivity index (χ4v) is 1.74. The van der Waals surface area contributed by atoms with Gasteiger partial charge in [0, 0.05) is 5.56 Å². The van der Waals surface area contributed by atoms with Crippen LogP contribution >= 0.6 is 0 Å². The monoisotopic (exact) mass is 297 g/mol. The van der Waals surface area contributed by atoms with Gasteiger partial charge in [-0.1, -0.05) is 30.3 Å². The summed E-state index contributed by atoms with van der Waals surface area (Å²) in [5.74, 6) is -0.117. The molecule has 2 rings (SSSR count). The normalized spacial score (nSPS) is 11.0. The van der Waals surface area contributed by atoms with Gasteiger partial charge in [-0.25, -0.2) is 4.79 Å². The average molecular weight is 297 g/mol. The molecule has 0 atom stereocenters. The number of benzene rings is 2. The first kappa shape index (κ1) is 14.7. The van der Waals surface area contributed by atoms with Gasteiger partial charge in [0.2, 0.25) is 0 Å². The van der Waals surface area contributed by atoms with Crippen LogP contribution in [-0.2, 0) is 0 Å². The van der Waals surface area contributed by atoms with E-state index in [4.69, 9.17) is 10.5 Å². The third-order valence-corrected chi connectivity index (χ3v) is 2.50. The van der Waals surface area contributed by atoms with E-state index in [0.29, 0.717) is 11.1 Å². The smallest absolute Gasteiger partial charge is 0.410 e. The van der Waals surface area contributed by atoms with E-state index < -0.39 is 12.5 Å². The van der Waals surface area contributed by atoms with Crippen LogP contribution in [-0.4, -0.2) is 12.5 Å². The number of carbonyl (C=O) groups excluding carboxylic acids is 1. The molecule has 0 aromatic heterocycles. The molecule has 2 N–H and O–H groups in total. The lowest BCUT2D eigenvalue weighted by atomic mass is 10.0. The molecule has 0 aliphatic heterocycles. The molecule has 0 spiro atoms. The van der Waals surface area contributed by atoms with Crippen molar-refractivity contribution in [1.82, 2.24) is 0 Å². The minimum Gasteiger partial charge on any atom is -0.410 e. The summed E-state index contributed by atoms with van der Waals surface area (Å²) >= 11 is 0. The van der Waals surface area contributed by atoms with E-state index in [0.717, 1.165) is 0 Å². The maximum absolute atomic E-state index is 12.1. The molecular weight excluding hydrogens is 287 g/mol. The summed E-state index contributed by atoms with van der Waals surface area (Å²) < 4.78 is 44.9. The van der Waals surface area contributed by atoms with E-state index in [1.54, 1.807) is 18.2 Å². The Labute approximate surface area is 117 Å². The number of hydrogen-bond acceptors (Lipinski definition) is 3. The number of halogens is 3. The fraction of sp³-hybridized carbons (Fsp3) is 0.0714. The molecule has 21 heavy (non-hydrogen) atoms. The van der Waals surface area contributed by atoms with E-state index in [1.165, 1.54) is 30.3 Å².